The smallest absolute Gasteiger partial charge is 0.223 e. The van der Waals surface area contributed by atoms with E-state index >= 15 is 0 Å². The number of carbonyl (C=O) groups excluding carboxylic acids is 1. The molecule has 3 fully saturated rings. The van der Waals surface area contributed by atoms with Crippen molar-refractivity contribution in [1.82, 2.24) is 14.7 Å². The molecule has 0 N–H and O–H groups in total. The molecule has 0 aromatic carbocycles. The number of nitrogens with zero attached hydrogens (tertiary/aromatic N) is 3. The van der Waals surface area contributed by atoms with Crippen LogP contribution >= 0.6 is 0 Å². The first-order valence-electron chi connectivity index (χ1n) is 8.96. The van der Waals surface area contributed by atoms with E-state index in [-0.39, 0.29) is 0 Å². The molecule has 0 aliphatic carbocycles. The van der Waals surface area contributed by atoms with Gasteiger partial charge in [0.25, 0.3) is 0 Å². The number of piperidine rings is 2. The summed E-state index contributed by atoms with van der Waals surface area (Å²) in [5.74, 6) is 1.07. The van der Waals surface area contributed by atoms with E-state index in [1.54, 1.807) is 0 Å². The van der Waals surface area contributed by atoms with Gasteiger partial charge in [-0.3, -0.25) is 14.6 Å². The van der Waals surface area contributed by atoms with Gasteiger partial charge in [-0.15, -0.1) is 0 Å². The minimum absolute atomic E-state index is 0.378. The molecule has 1 unspecified atom stereocenters. The van der Waals surface area contributed by atoms with Crippen LogP contribution in [0, 0.1) is 5.92 Å². The highest BCUT2D eigenvalue weighted by Gasteiger charge is 2.32. The second-order valence-electron chi connectivity index (χ2n) is 7.35. The molecule has 0 saturated carbocycles. The first-order chi connectivity index (χ1) is 10.2. The van der Waals surface area contributed by atoms with Gasteiger partial charge in [0.15, 0.2) is 0 Å². The summed E-state index contributed by atoms with van der Waals surface area (Å²) in [6, 6.07) is 0.774. The van der Waals surface area contributed by atoms with Gasteiger partial charge in [-0.1, -0.05) is 13.3 Å². The Morgan fingerprint density at radius 3 is 2.48 bits per heavy atom. The third kappa shape index (κ3) is 3.98. The molecular formula is C17H31N3O. The van der Waals surface area contributed by atoms with Crippen molar-refractivity contribution in [2.45, 2.75) is 51.5 Å². The predicted molar refractivity (Wildman–Crippen MR) is 85.2 cm³/mol. The van der Waals surface area contributed by atoms with Crippen LogP contribution in [-0.2, 0) is 4.79 Å². The van der Waals surface area contributed by atoms with Crippen LogP contribution < -0.4 is 0 Å². The molecule has 0 bridgehead atoms. The molecule has 3 heterocycles. The Hall–Kier alpha value is -0.610. The maximum absolute atomic E-state index is 12.3. The third-order valence-corrected chi connectivity index (χ3v) is 5.50. The molecule has 0 spiro atoms. The maximum Gasteiger partial charge on any atom is 0.223 e. The summed E-state index contributed by atoms with van der Waals surface area (Å²) in [5, 5.41) is 0. The minimum atomic E-state index is 0.378. The Bertz CT molecular complexity index is 348. The van der Waals surface area contributed by atoms with Gasteiger partial charge in [-0.25, -0.2) is 0 Å². The highest BCUT2D eigenvalue weighted by molar-refractivity contribution is 5.76. The molecule has 21 heavy (non-hydrogen) atoms. The molecule has 3 rings (SSSR count). The Labute approximate surface area is 129 Å². The van der Waals surface area contributed by atoms with Gasteiger partial charge in [0, 0.05) is 45.2 Å². The van der Waals surface area contributed by atoms with Crippen molar-refractivity contribution in [3.05, 3.63) is 0 Å². The van der Waals surface area contributed by atoms with Crippen LogP contribution in [-0.4, -0.2) is 72.5 Å². The molecule has 3 aliphatic heterocycles. The molecule has 3 saturated heterocycles. The lowest BCUT2D eigenvalue weighted by molar-refractivity contribution is -0.133. The van der Waals surface area contributed by atoms with E-state index < -0.39 is 0 Å². The summed E-state index contributed by atoms with van der Waals surface area (Å²) in [6.07, 6.45) is 7.36. The molecule has 4 heteroatoms. The van der Waals surface area contributed by atoms with Crippen LogP contribution in [0.5, 0.6) is 0 Å². The third-order valence-electron chi connectivity index (χ3n) is 5.50. The van der Waals surface area contributed by atoms with Gasteiger partial charge in [0.1, 0.15) is 0 Å². The number of rotatable bonds is 4. The molecule has 120 valence electrons. The van der Waals surface area contributed by atoms with Gasteiger partial charge < -0.3 is 4.90 Å². The quantitative estimate of drug-likeness (QED) is 0.791. The van der Waals surface area contributed by atoms with Crippen LogP contribution in [0.25, 0.3) is 0 Å². The summed E-state index contributed by atoms with van der Waals surface area (Å²) >= 11 is 0. The van der Waals surface area contributed by atoms with Gasteiger partial charge in [0.05, 0.1) is 0 Å². The summed E-state index contributed by atoms with van der Waals surface area (Å²) in [7, 11) is 0. The normalized spacial score (nSPS) is 29.4. The predicted octanol–water partition coefficient (Wildman–Crippen LogP) is 1.81. The van der Waals surface area contributed by atoms with Crippen LogP contribution in [0.3, 0.4) is 0 Å². The summed E-state index contributed by atoms with van der Waals surface area (Å²) < 4.78 is 0. The molecule has 1 amide bonds. The van der Waals surface area contributed by atoms with Crippen LogP contribution in [0.15, 0.2) is 0 Å². The van der Waals surface area contributed by atoms with E-state index in [0.29, 0.717) is 11.8 Å². The molecule has 3 aliphatic rings. The average molecular weight is 293 g/mol. The fraction of sp³-hybridized carbons (Fsp3) is 0.941. The van der Waals surface area contributed by atoms with E-state index in [9.17, 15) is 4.79 Å². The van der Waals surface area contributed by atoms with E-state index in [1.807, 2.05) is 0 Å². The van der Waals surface area contributed by atoms with E-state index in [4.69, 9.17) is 0 Å². The fourth-order valence-electron chi connectivity index (χ4n) is 4.07. The molecule has 0 radical (unpaired) electrons. The lowest BCUT2D eigenvalue weighted by Crippen LogP contribution is -2.60. The maximum atomic E-state index is 12.3. The molecule has 0 aromatic rings. The van der Waals surface area contributed by atoms with Gasteiger partial charge >= 0.3 is 0 Å². The Kier molecular flexibility index (Phi) is 5.17. The topological polar surface area (TPSA) is 26.8 Å². The number of likely N-dealkylation sites (tertiary alicyclic amines) is 3. The van der Waals surface area contributed by atoms with Crippen molar-refractivity contribution in [3.8, 4) is 0 Å². The lowest BCUT2D eigenvalue weighted by atomic mass is 10.00. The fourth-order valence-corrected chi connectivity index (χ4v) is 4.07. The first-order valence-corrected chi connectivity index (χ1v) is 8.96. The van der Waals surface area contributed by atoms with Gasteiger partial charge in [-0.05, 0) is 44.7 Å². The average Bonchev–Trinajstić information content (AvgIpc) is 2.46. The van der Waals surface area contributed by atoms with Crippen LogP contribution in [0.2, 0.25) is 0 Å². The van der Waals surface area contributed by atoms with E-state index in [1.165, 1.54) is 58.3 Å². The number of carbonyl (C=O) groups is 1. The Morgan fingerprint density at radius 1 is 1.00 bits per heavy atom. The Morgan fingerprint density at radius 2 is 1.76 bits per heavy atom. The van der Waals surface area contributed by atoms with Crippen LogP contribution in [0.4, 0.5) is 0 Å². The van der Waals surface area contributed by atoms with Crippen molar-refractivity contribution in [2.24, 2.45) is 5.92 Å². The Balaban J connectivity index is 1.32. The molecular weight excluding hydrogens is 262 g/mol. The lowest BCUT2D eigenvalue weighted by Gasteiger charge is -2.47. The minimum Gasteiger partial charge on any atom is -0.342 e. The zero-order chi connectivity index (χ0) is 14.7. The zero-order valence-electron chi connectivity index (χ0n) is 13.6. The van der Waals surface area contributed by atoms with Crippen molar-refractivity contribution in [1.29, 1.82) is 0 Å². The van der Waals surface area contributed by atoms with Crippen molar-refractivity contribution in [2.75, 3.05) is 45.8 Å². The number of hydrogen-bond acceptors (Lipinski definition) is 3. The summed E-state index contributed by atoms with van der Waals surface area (Å²) in [6.45, 7) is 10.2. The molecule has 4 nitrogen and oxygen atoms in total. The van der Waals surface area contributed by atoms with Crippen molar-refractivity contribution >= 4 is 5.91 Å². The first kappa shape index (κ1) is 15.3. The molecule has 1 atom stereocenters. The number of amides is 1. The monoisotopic (exact) mass is 293 g/mol. The van der Waals surface area contributed by atoms with Crippen LogP contribution in [0.1, 0.15) is 45.4 Å². The summed E-state index contributed by atoms with van der Waals surface area (Å²) in [5.41, 5.74) is 0. The van der Waals surface area contributed by atoms with Gasteiger partial charge in [-0.2, -0.15) is 0 Å². The highest BCUT2D eigenvalue weighted by Crippen LogP contribution is 2.21. The second-order valence-corrected chi connectivity index (χ2v) is 7.35. The van der Waals surface area contributed by atoms with Crippen molar-refractivity contribution in [3.63, 3.8) is 0 Å². The van der Waals surface area contributed by atoms with Gasteiger partial charge in [0.2, 0.25) is 5.91 Å². The van der Waals surface area contributed by atoms with Crippen molar-refractivity contribution < 1.29 is 4.79 Å². The van der Waals surface area contributed by atoms with E-state index in [0.717, 1.165) is 32.1 Å². The zero-order valence-corrected chi connectivity index (χ0v) is 13.6. The SMILES string of the molecule is CC1CCCN(C(=O)CCN2CC(N3CCCCC3)C2)C1. The standard InChI is InChI=1S/C17H31N3O/c1-15-6-5-10-20(12-15)17(21)7-11-18-13-16(14-18)19-8-3-2-4-9-19/h15-16H,2-14H2,1H3. The second kappa shape index (κ2) is 7.10. The molecule has 0 aromatic heterocycles. The highest BCUT2D eigenvalue weighted by atomic mass is 16.2. The number of hydrogen-bond donors (Lipinski definition) is 0. The largest absolute Gasteiger partial charge is 0.342 e. The summed E-state index contributed by atoms with van der Waals surface area (Å²) in [4.78, 5) is 19.5. The van der Waals surface area contributed by atoms with E-state index in [2.05, 4.69) is 21.6 Å².